The van der Waals surface area contributed by atoms with Crippen LogP contribution in [-0.4, -0.2) is 56.7 Å². The Morgan fingerprint density at radius 1 is 1.15 bits per heavy atom. The Morgan fingerprint density at radius 2 is 2.05 bits per heavy atom. The van der Waals surface area contributed by atoms with Gasteiger partial charge in [0.15, 0.2) is 17.3 Å². The van der Waals surface area contributed by atoms with Gasteiger partial charge in [0.1, 0.15) is 5.75 Å². The summed E-state index contributed by atoms with van der Waals surface area (Å²) in [4.78, 5) is 18.5. The molecule has 2 aliphatic heterocycles. The summed E-state index contributed by atoms with van der Waals surface area (Å²) in [5.41, 5.74) is 2.32. The molecule has 204 valence electrons. The van der Waals surface area contributed by atoms with Gasteiger partial charge in [-0.1, -0.05) is 13.0 Å². The number of hydrogen-bond donors (Lipinski definition) is 1. The molecular formula is C28H32N6O5. The molecule has 4 aromatic rings. The number of benzene rings is 2. The van der Waals surface area contributed by atoms with Crippen LogP contribution in [0.15, 0.2) is 47.3 Å². The fraction of sp³-hybridized carbons (Fsp3) is 0.429. The lowest BCUT2D eigenvalue weighted by Crippen LogP contribution is -2.33. The van der Waals surface area contributed by atoms with Gasteiger partial charge < -0.3 is 23.9 Å². The number of rotatable bonds is 10. The van der Waals surface area contributed by atoms with Crippen molar-refractivity contribution in [2.75, 3.05) is 20.5 Å². The summed E-state index contributed by atoms with van der Waals surface area (Å²) in [6.07, 6.45) is 2.89. The van der Waals surface area contributed by atoms with Crippen LogP contribution in [0.1, 0.15) is 49.2 Å². The van der Waals surface area contributed by atoms with Crippen molar-refractivity contribution in [1.82, 2.24) is 30.1 Å². The van der Waals surface area contributed by atoms with Crippen molar-refractivity contribution < 1.29 is 18.9 Å². The fourth-order valence-electron chi connectivity index (χ4n) is 5.41. The van der Waals surface area contributed by atoms with Gasteiger partial charge in [0, 0.05) is 36.2 Å². The molecule has 2 aliphatic rings. The van der Waals surface area contributed by atoms with Gasteiger partial charge >= 0.3 is 0 Å². The summed E-state index contributed by atoms with van der Waals surface area (Å²) in [6, 6.07) is 13.4. The lowest BCUT2D eigenvalue weighted by molar-refractivity contribution is 0.0888. The molecule has 1 N–H and O–H groups in total. The summed E-state index contributed by atoms with van der Waals surface area (Å²) < 4.78 is 24.2. The van der Waals surface area contributed by atoms with E-state index in [1.807, 2.05) is 47.1 Å². The number of tetrazole rings is 1. The van der Waals surface area contributed by atoms with E-state index in [2.05, 4.69) is 32.3 Å². The molecule has 11 heteroatoms. The van der Waals surface area contributed by atoms with E-state index in [1.165, 1.54) is 0 Å². The molecule has 6 rings (SSSR count). The first-order chi connectivity index (χ1) is 19.1. The molecule has 2 aromatic heterocycles. The number of nitrogens with one attached hydrogen (secondary N) is 1. The maximum Gasteiger partial charge on any atom is 0.252 e. The van der Waals surface area contributed by atoms with Gasteiger partial charge in [-0.15, -0.1) is 5.10 Å². The van der Waals surface area contributed by atoms with E-state index >= 15 is 0 Å². The predicted octanol–water partition coefficient (Wildman–Crippen LogP) is 3.58. The van der Waals surface area contributed by atoms with Crippen LogP contribution in [0.3, 0.4) is 0 Å². The summed E-state index contributed by atoms with van der Waals surface area (Å²) in [5.74, 6) is 2.95. The molecule has 0 aliphatic carbocycles. The average Bonchev–Trinajstić information content (AvgIpc) is 3.72. The molecule has 39 heavy (non-hydrogen) atoms. The van der Waals surface area contributed by atoms with Gasteiger partial charge in [-0.2, -0.15) is 0 Å². The number of nitrogens with zero attached hydrogens (tertiary/aromatic N) is 5. The van der Waals surface area contributed by atoms with Crippen molar-refractivity contribution >= 4 is 10.9 Å². The zero-order chi connectivity index (χ0) is 26.8. The second-order valence-electron chi connectivity index (χ2n) is 9.95. The van der Waals surface area contributed by atoms with Crippen molar-refractivity contribution in [3.63, 3.8) is 0 Å². The molecule has 0 unspecified atom stereocenters. The maximum absolute atomic E-state index is 13.2. The zero-order valence-electron chi connectivity index (χ0n) is 22.1. The number of aromatic amines is 1. The Kier molecular flexibility index (Phi) is 7.16. The third kappa shape index (κ3) is 5.32. The molecule has 1 saturated heterocycles. The van der Waals surface area contributed by atoms with Crippen molar-refractivity contribution in [2.24, 2.45) is 0 Å². The van der Waals surface area contributed by atoms with Crippen molar-refractivity contribution in [1.29, 1.82) is 0 Å². The second kappa shape index (κ2) is 11.0. The molecule has 0 bridgehead atoms. The van der Waals surface area contributed by atoms with Crippen LogP contribution in [0.2, 0.25) is 0 Å². The van der Waals surface area contributed by atoms with E-state index < -0.39 is 0 Å². The number of ether oxygens (including phenoxy) is 4. The third-order valence-electron chi connectivity index (χ3n) is 7.41. The molecule has 2 aromatic carbocycles. The number of aromatic nitrogens is 5. The van der Waals surface area contributed by atoms with Crippen LogP contribution in [0.4, 0.5) is 0 Å². The first-order valence-corrected chi connectivity index (χ1v) is 13.3. The lowest BCUT2D eigenvalue weighted by Gasteiger charge is -2.30. The van der Waals surface area contributed by atoms with Crippen LogP contribution < -0.4 is 19.8 Å². The summed E-state index contributed by atoms with van der Waals surface area (Å²) in [5, 5.41) is 13.7. The normalized spacial score (nSPS) is 17.3. The highest BCUT2D eigenvalue weighted by Crippen LogP contribution is 2.34. The van der Waals surface area contributed by atoms with E-state index in [0.717, 1.165) is 65.4 Å². The second-order valence-corrected chi connectivity index (χ2v) is 9.95. The minimum absolute atomic E-state index is 0.102. The highest BCUT2D eigenvalue weighted by atomic mass is 16.7. The SMILES string of the molecule is CC[C@@H](c1nnnn1C[C@H]1CCCO1)N(Cc1ccc2c(c1)OCO2)Cc1cc2cc(OC)ccc2[nH]c1=O. The number of methoxy groups -OCH3 is 1. The summed E-state index contributed by atoms with van der Waals surface area (Å²) >= 11 is 0. The van der Waals surface area contributed by atoms with Gasteiger partial charge in [0.05, 0.1) is 25.8 Å². The highest BCUT2D eigenvalue weighted by molar-refractivity contribution is 5.80. The van der Waals surface area contributed by atoms with Gasteiger partial charge in [-0.25, -0.2) is 4.68 Å². The molecule has 0 saturated carbocycles. The monoisotopic (exact) mass is 532 g/mol. The van der Waals surface area contributed by atoms with Crippen molar-refractivity contribution in [2.45, 2.75) is 58.0 Å². The van der Waals surface area contributed by atoms with Gasteiger partial charge in [0.25, 0.3) is 5.56 Å². The topological polar surface area (TPSA) is 117 Å². The smallest absolute Gasteiger partial charge is 0.252 e. The maximum atomic E-state index is 13.2. The largest absolute Gasteiger partial charge is 0.497 e. The van der Waals surface area contributed by atoms with Crippen LogP contribution in [0, 0.1) is 0 Å². The first-order valence-electron chi connectivity index (χ1n) is 13.3. The number of fused-ring (bicyclic) bond motifs is 2. The zero-order valence-corrected chi connectivity index (χ0v) is 22.1. The minimum Gasteiger partial charge on any atom is -0.497 e. The minimum atomic E-state index is -0.146. The molecule has 11 nitrogen and oxygen atoms in total. The molecule has 0 radical (unpaired) electrons. The van der Waals surface area contributed by atoms with E-state index in [1.54, 1.807) is 7.11 Å². The van der Waals surface area contributed by atoms with Crippen LogP contribution in [0.5, 0.6) is 17.2 Å². The Bertz CT molecular complexity index is 1510. The van der Waals surface area contributed by atoms with E-state index in [-0.39, 0.29) is 24.5 Å². The Morgan fingerprint density at radius 3 is 2.87 bits per heavy atom. The first kappa shape index (κ1) is 25.3. The Hall–Kier alpha value is -3.96. The summed E-state index contributed by atoms with van der Waals surface area (Å²) in [7, 11) is 1.63. The molecule has 2 atom stereocenters. The number of H-pyrrole nitrogens is 1. The quantitative estimate of drug-likeness (QED) is 0.327. The molecule has 4 heterocycles. The third-order valence-corrected chi connectivity index (χ3v) is 7.41. The molecule has 0 amide bonds. The predicted molar refractivity (Wildman–Crippen MR) is 143 cm³/mol. The highest BCUT2D eigenvalue weighted by Gasteiger charge is 2.28. The van der Waals surface area contributed by atoms with E-state index in [9.17, 15) is 4.79 Å². The van der Waals surface area contributed by atoms with Crippen molar-refractivity contribution in [3.05, 3.63) is 69.8 Å². The van der Waals surface area contributed by atoms with Gasteiger partial charge in [-0.3, -0.25) is 9.69 Å². The van der Waals surface area contributed by atoms with Crippen LogP contribution in [0.25, 0.3) is 10.9 Å². The van der Waals surface area contributed by atoms with Gasteiger partial charge in [0.2, 0.25) is 6.79 Å². The van der Waals surface area contributed by atoms with Crippen LogP contribution in [-0.2, 0) is 24.4 Å². The standard InChI is InChI=1S/C28H32N6O5/c1-3-24(27-30-31-32-34(27)16-22-5-4-10-37-22)33(14-18-6-9-25-26(11-18)39-17-38-25)15-20-12-19-13-21(36-2)7-8-23(19)29-28(20)35/h6-9,11-13,22,24H,3-5,10,14-17H2,1-2H3,(H,29,35)/t22-,24+/m1/s1. The Balaban J connectivity index is 1.36. The molecule has 0 spiro atoms. The van der Waals surface area contributed by atoms with Crippen molar-refractivity contribution in [3.8, 4) is 17.2 Å². The molecular weight excluding hydrogens is 500 g/mol. The lowest BCUT2D eigenvalue weighted by atomic mass is 10.1. The summed E-state index contributed by atoms with van der Waals surface area (Å²) in [6.45, 7) is 4.64. The number of pyridine rings is 1. The molecule has 1 fully saturated rings. The van der Waals surface area contributed by atoms with Gasteiger partial charge in [-0.05, 0) is 71.7 Å². The van der Waals surface area contributed by atoms with Crippen LogP contribution >= 0.6 is 0 Å². The average molecular weight is 533 g/mol. The van der Waals surface area contributed by atoms with E-state index in [0.29, 0.717) is 25.2 Å². The van der Waals surface area contributed by atoms with E-state index in [4.69, 9.17) is 18.9 Å². The fourth-order valence-corrected chi connectivity index (χ4v) is 5.41. The number of hydrogen-bond acceptors (Lipinski definition) is 9. The Labute approximate surface area is 225 Å².